The van der Waals surface area contributed by atoms with Crippen LogP contribution in [0.4, 0.5) is 0 Å². The molecule has 1 N–H and O–H groups in total. The van der Waals surface area contributed by atoms with Crippen molar-refractivity contribution in [2.75, 3.05) is 0 Å². The highest BCUT2D eigenvalue weighted by molar-refractivity contribution is 14.1. The van der Waals surface area contributed by atoms with E-state index in [4.69, 9.17) is 0 Å². The molecule has 5 aliphatic rings. The van der Waals surface area contributed by atoms with Crippen molar-refractivity contribution in [2.45, 2.75) is 93.4 Å². The van der Waals surface area contributed by atoms with Gasteiger partial charge in [0.1, 0.15) is 0 Å². The van der Waals surface area contributed by atoms with Crippen molar-refractivity contribution in [2.24, 2.45) is 50.2 Å². The molecule has 3 fully saturated rings. The van der Waals surface area contributed by atoms with Gasteiger partial charge in [-0.15, -0.1) is 0 Å². The van der Waals surface area contributed by atoms with Crippen LogP contribution >= 0.6 is 22.6 Å². The van der Waals surface area contributed by atoms with Crippen LogP contribution in [0, 0.1) is 50.2 Å². The highest BCUT2D eigenvalue weighted by Crippen LogP contribution is 2.74. The van der Waals surface area contributed by atoms with Crippen molar-refractivity contribution in [1.29, 1.82) is 0 Å². The third-order valence-corrected chi connectivity index (χ3v) is 13.2. The maximum Gasteiger partial charge on any atom is 0.309 e. The van der Waals surface area contributed by atoms with E-state index in [1.807, 2.05) is 13.0 Å². The quantitative estimate of drug-likeness (QED) is 0.328. The predicted octanol–water partition coefficient (Wildman–Crippen LogP) is 7.16. The molecule has 5 heteroatoms. The molecule has 0 aromatic heterocycles. The maximum atomic E-state index is 14.3. The second-order valence-electron chi connectivity index (χ2n) is 14.5. The average Bonchev–Trinajstić information content (AvgIpc) is 2.74. The van der Waals surface area contributed by atoms with Gasteiger partial charge in [-0.25, -0.2) is 0 Å². The summed E-state index contributed by atoms with van der Waals surface area (Å²) in [5.41, 5.74) is -0.669. The van der Waals surface area contributed by atoms with E-state index in [9.17, 15) is 19.5 Å². The molecule has 0 unspecified atom stereocenters. The zero-order chi connectivity index (χ0) is 26.0. The summed E-state index contributed by atoms with van der Waals surface area (Å²) in [6, 6.07) is 0. The van der Waals surface area contributed by atoms with E-state index in [-0.39, 0.29) is 51.0 Å². The third kappa shape index (κ3) is 3.05. The van der Waals surface area contributed by atoms with Gasteiger partial charge in [-0.3, -0.25) is 14.4 Å². The summed E-state index contributed by atoms with van der Waals surface area (Å²) in [4.78, 5) is 39.6. The van der Waals surface area contributed by atoms with Crippen LogP contribution in [0.3, 0.4) is 0 Å². The van der Waals surface area contributed by atoms with Crippen LogP contribution in [0.5, 0.6) is 0 Å². The number of carboxylic acids is 1. The van der Waals surface area contributed by atoms with E-state index in [0.717, 1.165) is 35.7 Å². The summed E-state index contributed by atoms with van der Waals surface area (Å²) >= 11 is 2.19. The lowest BCUT2D eigenvalue weighted by atomic mass is 9.34. The van der Waals surface area contributed by atoms with Gasteiger partial charge < -0.3 is 5.11 Å². The summed E-state index contributed by atoms with van der Waals surface area (Å²) in [5, 5.41) is 10.1. The van der Waals surface area contributed by atoms with Gasteiger partial charge in [-0.05, 0) is 109 Å². The lowest BCUT2D eigenvalue weighted by molar-refractivity contribution is -0.171. The van der Waals surface area contributed by atoms with Crippen LogP contribution < -0.4 is 0 Å². The molecule has 0 heterocycles. The van der Waals surface area contributed by atoms with E-state index in [2.05, 4.69) is 70.2 Å². The number of rotatable bonds is 1. The topological polar surface area (TPSA) is 71.4 Å². The van der Waals surface area contributed by atoms with Gasteiger partial charge in [0, 0.05) is 16.7 Å². The van der Waals surface area contributed by atoms with E-state index in [0.29, 0.717) is 12.8 Å². The number of carboxylic acid groups (broad SMARTS) is 1. The number of allylic oxidation sites excluding steroid dienone is 4. The molecule has 0 aromatic rings. The summed E-state index contributed by atoms with van der Waals surface area (Å²) in [6.45, 7) is 15.3. The van der Waals surface area contributed by atoms with Gasteiger partial charge in [0.05, 0.1) is 8.99 Å². The Morgan fingerprint density at radius 3 is 2.23 bits per heavy atom. The molecule has 8 atom stereocenters. The first-order valence-electron chi connectivity index (χ1n) is 13.4. The molecular weight excluding hydrogens is 551 g/mol. The highest BCUT2D eigenvalue weighted by Gasteiger charge is 2.70. The number of aliphatic carboxylic acids is 1. The predicted molar refractivity (Wildman–Crippen MR) is 145 cm³/mol. The van der Waals surface area contributed by atoms with E-state index in [1.54, 1.807) is 0 Å². The number of carbonyl (C=O) groups is 3. The fourth-order valence-corrected chi connectivity index (χ4v) is 11.2. The molecule has 0 radical (unpaired) electrons. The molecule has 0 spiro atoms. The molecule has 3 saturated carbocycles. The standard InChI is InChI=1S/C30H41IO4/c1-25(2)21-8-9-30(7)22(28(21,5)16-19(31)23(25)33)20(32)14-17-18-15-27(4,24(34)35)11-10-26(18,3)12-13-29(17,30)6/h14,16,18,21-22H,8-13,15H2,1-7H3,(H,34,35)/t18-,21-,22+,26+,27-,28-,29+,30+/m0/s1. The van der Waals surface area contributed by atoms with Gasteiger partial charge >= 0.3 is 5.97 Å². The molecule has 0 bridgehead atoms. The first kappa shape index (κ1) is 25.7. The minimum atomic E-state index is -0.736. The molecule has 0 amide bonds. The Morgan fingerprint density at radius 1 is 0.971 bits per heavy atom. The lowest BCUT2D eigenvalue weighted by Gasteiger charge is -2.69. The largest absolute Gasteiger partial charge is 0.481 e. The monoisotopic (exact) mass is 592 g/mol. The molecule has 0 aromatic carbocycles. The van der Waals surface area contributed by atoms with Crippen LogP contribution in [-0.4, -0.2) is 22.6 Å². The average molecular weight is 593 g/mol. The Hall–Kier alpha value is -0.980. The SMILES string of the molecule is CC1(C)C(=O)C(I)=C[C@]2(C)[C@H]3C(=O)C=C4[C@@H]5C[C@@](C)(C(=O)O)CC[C@]5(C)CC[C@@]4(C)[C@]3(C)CC[C@@H]12. The van der Waals surface area contributed by atoms with Gasteiger partial charge in [0.15, 0.2) is 11.6 Å². The van der Waals surface area contributed by atoms with Gasteiger partial charge in [-0.2, -0.15) is 0 Å². The second kappa shape index (κ2) is 7.32. The van der Waals surface area contributed by atoms with Crippen LogP contribution in [0.2, 0.25) is 0 Å². The minimum Gasteiger partial charge on any atom is -0.481 e. The number of fused-ring (bicyclic) bond motifs is 7. The third-order valence-electron chi connectivity index (χ3n) is 12.4. The van der Waals surface area contributed by atoms with Crippen LogP contribution in [0.15, 0.2) is 21.3 Å². The molecule has 5 aliphatic carbocycles. The van der Waals surface area contributed by atoms with Crippen molar-refractivity contribution in [3.63, 3.8) is 0 Å². The van der Waals surface area contributed by atoms with Crippen LogP contribution in [0.1, 0.15) is 93.4 Å². The summed E-state index contributed by atoms with van der Waals surface area (Å²) < 4.78 is 0.768. The summed E-state index contributed by atoms with van der Waals surface area (Å²) in [7, 11) is 0. The fraction of sp³-hybridized carbons (Fsp3) is 0.767. The summed E-state index contributed by atoms with van der Waals surface area (Å²) in [6.07, 6.45) is 10.3. The Morgan fingerprint density at radius 2 is 1.60 bits per heavy atom. The van der Waals surface area contributed by atoms with E-state index in [1.165, 1.54) is 5.57 Å². The van der Waals surface area contributed by atoms with Crippen molar-refractivity contribution < 1.29 is 19.5 Å². The first-order valence-corrected chi connectivity index (χ1v) is 14.5. The molecule has 0 aliphatic heterocycles. The zero-order valence-electron chi connectivity index (χ0n) is 22.4. The smallest absolute Gasteiger partial charge is 0.309 e. The van der Waals surface area contributed by atoms with Crippen molar-refractivity contribution in [1.82, 2.24) is 0 Å². The molecule has 192 valence electrons. The van der Waals surface area contributed by atoms with Gasteiger partial charge in [0.25, 0.3) is 0 Å². The Labute approximate surface area is 223 Å². The normalized spacial score (nSPS) is 50.7. The van der Waals surface area contributed by atoms with E-state index < -0.39 is 16.8 Å². The number of carbonyl (C=O) groups excluding carboxylic acids is 2. The van der Waals surface area contributed by atoms with Crippen molar-refractivity contribution in [3.05, 3.63) is 21.3 Å². The van der Waals surface area contributed by atoms with Gasteiger partial charge in [-0.1, -0.05) is 53.2 Å². The molecule has 35 heavy (non-hydrogen) atoms. The van der Waals surface area contributed by atoms with Crippen molar-refractivity contribution in [3.8, 4) is 0 Å². The van der Waals surface area contributed by atoms with E-state index >= 15 is 0 Å². The first-order chi connectivity index (χ1) is 16.0. The minimum absolute atomic E-state index is 0.0550. The van der Waals surface area contributed by atoms with Crippen LogP contribution in [0.25, 0.3) is 0 Å². The van der Waals surface area contributed by atoms with Crippen molar-refractivity contribution >= 4 is 40.1 Å². The maximum absolute atomic E-state index is 14.3. The Bertz CT molecular complexity index is 1100. The molecular formula is C30H41IO4. The number of Topliss-reactive ketones (excluding diaryl/α,β-unsaturated/α-hetero) is 1. The number of halogens is 1. The highest BCUT2D eigenvalue weighted by atomic mass is 127. The summed E-state index contributed by atoms with van der Waals surface area (Å²) in [5.74, 6) is -0.203. The second-order valence-corrected chi connectivity index (χ2v) is 15.6. The Kier molecular flexibility index (Phi) is 5.36. The number of hydrogen-bond acceptors (Lipinski definition) is 3. The lowest BCUT2D eigenvalue weighted by Crippen LogP contribution is -2.65. The number of ketones is 2. The molecule has 0 saturated heterocycles. The zero-order valence-corrected chi connectivity index (χ0v) is 24.5. The number of hydrogen-bond donors (Lipinski definition) is 1. The van der Waals surface area contributed by atoms with Gasteiger partial charge in [0.2, 0.25) is 0 Å². The fourth-order valence-electron chi connectivity index (χ4n) is 9.82. The molecule has 5 rings (SSSR count). The van der Waals surface area contributed by atoms with Crippen LogP contribution in [-0.2, 0) is 14.4 Å². The Balaban J connectivity index is 1.67. The molecule has 4 nitrogen and oxygen atoms in total.